The second kappa shape index (κ2) is 6.68. The second-order valence-electron chi connectivity index (χ2n) is 6.48. The first kappa shape index (κ1) is 17.0. The van der Waals surface area contributed by atoms with E-state index in [1.165, 1.54) is 29.8 Å². The van der Waals surface area contributed by atoms with Crippen LogP contribution in [-0.2, 0) is 0 Å². The van der Waals surface area contributed by atoms with Crippen LogP contribution in [-0.4, -0.2) is 10.9 Å². The summed E-state index contributed by atoms with van der Waals surface area (Å²) in [6, 6.07) is 16.8. The predicted octanol–water partition coefficient (Wildman–Crippen LogP) is 5.50. The molecule has 0 fully saturated rings. The van der Waals surface area contributed by atoms with Gasteiger partial charge in [-0.15, -0.1) is 0 Å². The van der Waals surface area contributed by atoms with Crippen LogP contribution in [0.4, 0.5) is 10.1 Å². The maximum absolute atomic E-state index is 13.0. The first-order valence-corrected chi connectivity index (χ1v) is 8.55. The number of hydrogen-bond acceptors (Lipinski definition) is 3. The number of fused-ring (bicyclic) bond motifs is 1. The average Bonchev–Trinajstić information content (AvgIpc) is 3.05. The van der Waals surface area contributed by atoms with E-state index in [2.05, 4.69) is 16.4 Å². The molecule has 4 rings (SSSR count). The molecule has 0 spiro atoms. The molecule has 3 aromatic carbocycles. The molecule has 1 amide bonds. The summed E-state index contributed by atoms with van der Waals surface area (Å²) in [5.74, 6) is -0.147. The fourth-order valence-electron chi connectivity index (χ4n) is 2.98. The number of nitrogens with zero attached hydrogens (tertiary/aromatic N) is 1. The Morgan fingerprint density at radius 3 is 2.52 bits per heavy atom. The fraction of sp³-hybridized carbons (Fsp3) is 0.0909. The zero-order valence-electron chi connectivity index (χ0n) is 14.9. The number of hydrogen-bond donors (Lipinski definition) is 1. The molecule has 0 bridgehead atoms. The van der Waals surface area contributed by atoms with Crippen LogP contribution in [0.25, 0.3) is 22.6 Å². The van der Waals surface area contributed by atoms with Crippen molar-refractivity contribution in [1.29, 1.82) is 0 Å². The first-order valence-electron chi connectivity index (χ1n) is 8.55. The van der Waals surface area contributed by atoms with Crippen molar-refractivity contribution in [2.45, 2.75) is 13.8 Å². The summed E-state index contributed by atoms with van der Waals surface area (Å²) < 4.78 is 18.9. The first-order chi connectivity index (χ1) is 13.0. The van der Waals surface area contributed by atoms with Crippen molar-refractivity contribution in [3.8, 4) is 11.5 Å². The third-order valence-electron chi connectivity index (χ3n) is 4.36. The lowest BCUT2D eigenvalue weighted by Gasteiger charge is -2.04. The highest BCUT2D eigenvalue weighted by Gasteiger charge is 2.12. The van der Waals surface area contributed by atoms with Crippen molar-refractivity contribution in [3.05, 3.63) is 83.2 Å². The van der Waals surface area contributed by atoms with Crippen LogP contribution >= 0.6 is 0 Å². The minimum atomic E-state index is -0.380. The lowest BCUT2D eigenvalue weighted by atomic mass is 10.1. The molecule has 134 valence electrons. The third-order valence-corrected chi connectivity index (χ3v) is 4.36. The summed E-state index contributed by atoms with van der Waals surface area (Å²) >= 11 is 0. The number of oxazole rings is 1. The van der Waals surface area contributed by atoms with E-state index < -0.39 is 0 Å². The average molecular weight is 360 g/mol. The van der Waals surface area contributed by atoms with Crippen LogP contribution in [0.3, 0.4) is 0 Å². The van der Waals surface area contributed by atoms with Crippen LogP contribution < -0.4 is 5.32 Å². The molecule has 0 aliphatic heterocycles. The minimum absolute atomic E-state index is 0.313. The number of benzene rings is 3. The second-order valence-corrected chi connectivity index (χ2v) is 6.48. The number of carbonyl (C=O) groups is 1. The van der Waals surface area contributed by atoms with Gasteiger partial charge in [0.1, 0.15) is 11.3 Å². The number of halogens is 1. The van der Waals surface area contributed by atoms with E-state index >= 15 is 0 Å². The van der Waals surface area contributed by atoms with Crippen molar-refractivity contribution in [2.24, 2.45) is 0 Å². The zero-order chi connectivity index (χ0) is 19.0. The maximum atomic E-state index is 13.0. The summed E-state index contributed by atoms with van der Waals surface area (Å²) in [6.45, 7) is 4.06. The highest BCUT2D eigenvalue weighted by atomic mass is 19.1. The van der Waals surface area contributed by atoms with Crippen LogP contribution in [0.2, 0.25) is 0 Å². The summed E-state index contributed by atoms with van der Waals surface area (Å²) in [4.78, 5) is 16.8. The lowest BCUT2D eigenvalue weighted by Crippen LogP contribution is -2.11. The van der Waals surface area contributed by atoms with Gasteiger partial charge in [-0.2, -0.15) is 0 Å². The quantitative estimate of drug-likeness (QED) is 0.525. The Balaban J connectivity index is 1.62. The van der Waals surface area contributed by atoms with E-state index in [9.17, 15) is 9.18 Å². The van der Waals surface area contributed by atoms with Gasteiger partial charge in [0.15, 0.2) is 5.58 Å². The Labute approximate surface area is 155 Å². The summed E-state index contributed by atoms with van der Waals surface area (Å²) in [5, 5.41) is 2.79. The molecule has 4 nitrogen and oxygen atoms in total. The molecule has 0 saturated heterocycles. The molecule has 0 unspecified atom stereocenters. The van der Waals surface area contributed by atoms with E-state index in [0.29, 0.717) is 28.2 Å². The summed E-state index contributed by atoms with van der Waals surface area (Å²) in [6.07, 6.45) is 0. The van der Waals surface area contributed by atoms with Crippen molar-refractivity contribution in [1.82, 2.24) is 4.98 Å². The highest BCUT2D eigenvalue weighted by Crippen LogP contribution is 2.28. The number of anilines is 1. The van der Waals surface area contributed by atoms with Crippen molar-refractivity contribution in [3.63, 3.8) is 0 Å². The Morgan fingerprint density at radius 1 is 1.00 bits per heavy atom. The van der Waals surface area contributed by atoms with Gasteiger partial charge in [-0.3, -0.25) is 4.79 Å². The molecule has 1 N–H and O–H groups in total. The molecule has 4 aromatic rings. The van der Waals surface area contributed by atoms with E-state index in [1.54, 1.807) is 18.2 Å². The van der Waals surface area contributed by atoms with Gasteiger partial charge in [-0.05, 0) is 67.9 Å². The van der Waals surface area contributed by atoms with Gasteiger partial charge in [-0.1, -0.05) is 17.7 Å². The third kappa shape index (κ3) is 3.44. The predicted molar refractivity (Wildman–Crippen MR) is 103 cm³/mol. The topological polar surface area (TPSA) is 55.1 Å². The molecule has 0 radical (unpaired) electrons. The Hall–Kier alpha value is -3.47. The maximum Gasteiger partial charge on any atom is 0.255 e. The Morgan fingerprint density at radius 2 is 1.78 bits per heavy atom. The van der Waals surface area contributed by atoms with Gasteiger partial charge in [0, 0.05) is 16.8 Å². The molecule has 5 heteroatoms. The number of nitrogens with one attached hydrogen (secondary N) is 1. The van der Waals surface area contributed by atoms with Crippen molar-refractivity contribution < 1.29 is 13.6 Å². The van der Waals surface area contributed by atoms with Gasteiger partial charge < -0.3 is 9.73 Å². The minimum Gasteiger partial charge on any atom is -0.436 e. The smallest absolute Gasteiger partial charge is 0.255 e. The van der Waals surface area contributed by atoms with Gasteiger partial charge in [0.2, 0.25) is 5.89 Å². The summed E-state index contributed by atoms with van der Waals surface area (Å²) in [7, 11) is 0. The number of rotatable bonds is 3. The SMILES string of the molecule is Cc1ccc(-c2nc3cc(NC(=O)c4ccc(F)cc4)ccc3o2)c(C)c1. The number of amides is 1. The Kier molecular flexibility index (Phi) is 4.20. The van der Waals surface area contributed by atoms with Crippen LogP contribution in [0.1, 0.15) is 21.5 Å². The normalized spacial score (nSPS) is 10.9. The molecular weight excluding hydrogens is 343 g/mol. The van der Waals surface area contributed by atoms with E-state index in [4.69, 9.17) is 4.42 Å². The molecule has 0 saturated carbocycles. The van der Waals surface area contributed by atoms with Gasteiger partial charge in [0.25, 0.3) is 5.91 Å². The van der Waals surface area contributed by atoms with Gasteiger partial charge >= 0.3 is 0 Å². The molecule has 0 atom stereocenters. The molecule has 1 aromatic heterocycles. The molecule has 27 heavy (non-hydrogen) atoms. The van der Waals surface area contributed by atoms with Crippen LogP contribution in [0.5, 0.6) is 0 Å². The molecule has 0 aliphatic carbocycles. The van der Waals surface area contributed by atoms with Crippen molar-refractivity contribution in [2.75, 3.05) is 5.32 Å². The van der Waals surface area contributed by atoms with E-state index in [1.807, 2.05) is 26.0 Å². The lowest BCUT2D eigenvalue weighted by molar-refractivity contribution is 0.102. The monoisotopic (exact) mass is 360 g/mol. The number of carbonyl (C=O) groups excluding carboxylic acids is 1. The van der Waals surface area contributed by atoms with E-state index in [-0.39, 0.29) is 11.7 Å². The standard InChI is InChI=1S/C22H17FN2O2/c1-13-3-9-18(14(2)11-13)22-25-19-12-17(8-10-20(19)27-22)24-21(26)15-4-6-16(23)7-5-15/h3-12H,1-2H3,(H,24,26). The van der Waals surface area contributed by atoms with E-state index in [0.717, 1.165) is 11.1 Å². The molecular formula is C22H17FN2O2. The largest absolute Gasteiger partial charge is 0.436 e. The van der Waals surface area contributed by atoms with Crippen molar-refractivity contribution >= 4 is 22.7 Å². The number of aryl methyl sites for hydroxylation is 2. The van der Waals surface area contributed by atoms with Crippen LogP contribution in [0, 0.1) is 19.7 Å². The highest BCUT2D eigenvalue weighted by molar-refractivity contribution is 6.04. The fourth-order valence-corrected chi connectivity index (χ4v) is 2.98. The van der Waals surface area contributed by atoms with Gasteiger partial charge in [-0.25, -0.2) is 9.37 Å². The van der Waals surface area contributed by atoms with Gasteiger partial charge in [0.05, 0.1) is 0 Å². The zero-order valence-corrected chi connectivity index (χ0v) is 14.9. The summed E-state index contributed by atoms with van der Waals surface area (Å²) in [5.41, 5.74) is 5.48. The van der Waals surface area contributed by atoms with Crippen LogP contribution in [0.15, 0.2) is 65.1 Å². The molecule has 0 aliphatic rings. The molecule has 1 heterocycles. The Bertz CT molecular complexity index is 1150. The number of aromatic nitrogens is 1.